The van der Waals surface area contributed by atoms with Crippen LogP contribution in [0.25, 0.3) is 11.0 Å². The highest BCUT2D eigenvalue weighted by molar-refractivity contribution is 7.84. The molecule has 0 amide bonds. The lowest BCUT2D eigenvalue weighted by molar-refractivity contribution is -0.200. The fourth-order valence-electron chi connectivity index (χ4n) is 3.64. The Kier molecular flexibility index (Phi) is 4.77. The highest BCUT2D eigenvalue weighted by Crippen LogP contribution is 2.44. The summed E-state index contributed by atoms with van der Waals surface area (Å²) in [5.74, 6) is -0.786. The van der Waals surface area contributed by atoms with Crippen molar-refractivity contribution < 1.29 is 31.9 Å². The molecule has 0 aromatic carbocycles. The molecule has 0 bridgehead atoms. The zero-order chi connectivity index (χ0) is 21.1. The van der Waals surface area contributed by atoms with E-state index in [-0.39, 0.29) is 18.1 Å². The smallest absolute Gasteiger partial charge is 0.333 e. The van der Waals surface area contributed by atoms with Gasteiger partial charge in [0.15, 0.2) is 17.7 Å². The van der Waals surface area contributed by atoms with Crippen molar-refractivity contribution in [2.24, 2.45) is 5.14 Å². The van der Waals surface area contributed by atoms with Gasteiger partial charge in [-0.2, -0.15) is 13.5 Å². The molecule has 5 atom stereocenters. The molecule has 0 radical (unpaired) electrons. The van der Waals surface area contributed by atoms with E-state index >= 15 is 0 Å². The van der Waals surface area contributed by atoms with E-state index in [0.29, 0.717) is 11.0 Å². The van der Waals surface area contributed by atoms with Crippen LogP contribution in [0.2, 0.25) is 0 Å². The summed E-state index contributed by atoms with van der Waals surface area (Å²) in [5.41, 5.74) is 6.58. The van der Waals surface area contributed by atoms with Gasteiger partial charge in [0.1, 0.15) is 36.2 Å². The minimum absolute atomic E-state index is 0.157. The summed E-state index contributed by atoms with van der Waals surface area (Å²) >= 11 is 0. The van der Waals surface area contributed by atoms with Crippen LogP contribution in [0.15, 0.2) is 6.33 Å². The van der Waals surface area contributed by atoms with E-state index in [1.54, 1.807) is 13.8 Å². The van der Waals surface area contributed by atoms with E-state index in [1.807, 2.05) is 0 Å². The number of aromatic nitrogens is 4. The molecule has 4 heterocycles. The summed E-state index contributed by atoms with van der Waals surface area (Å²) in [6.07, 6.45) is -2.63. The van der Waals surface area contributed by atoms with Crippen LogP contribution in [-0.2, 0) is 28.7 Å². The van der Waals surface area contributed by atoms with Crippen molar-refractivity contribution >= 4 is 27.2 Å². The second-order valence-corrected chi connectivity index (χ2v) is 8.59. The van der Waals surface area contributed by atoms with E-state index in [9.17, 15) is 13.5 Å². The number of aliphatic hydroxyl groups excluding tert-OH is 1. The summed E-state index contributed by atoms with van der Waals surface area (Å²) in [6, 6.07) is 0. The molecule has 4 rings (SSSR count). The third-order valence-corrected chi connectivity index (χ3v) is 5.17. The zero-order valence-corrected chi connectivity index (χ0v) is 16.7. The van der Waals surface area contributed by atoms with Gasteiger partial charge in [0.25, 0.3) is 0 Å². The minimum Gasteiger partial charge on any atom is -0.387 e. The van der Waals surface area contributed by atoms with Crippen LogP contribution in [0.4, 0.5) is 5.82 Å². The Morgan fingerprint density at radius 1 is 1.34 bits per heavy atom. The monoisotopic (exact) mass is 430 g/mol. The molecule has 0 spiro atoms. The Balaban J connectivity index is 1.76. The Labute approximate surface area is 166 Å². The molecule has 2 saturated heterocycles. The Bertz CT molecular complexity index is 1040. The molecule has 2 aromatic heterocycles. The average molecular weight is 430 g/mol. The molecule has 14 heteroatoms. The number of hydrogen-bond donors (Lipinski definition) is 3. The molecule has 2 fully saturated rings. The van der Waals surface area contributed by atoms with E-state index in [4.69, 9.17) is 29.3 Å². The molecular formula is C15H22N6O7S. The highest BCUT2D eigenvalue weighted by atomic mass is 32.2. The second-order valence-electron chi connectivity index (χ2n) is 7.37. The van der Waals surface area contributed by atoms with Gasteiger partial charge in [0.05, 0.1) is 18.1 Å². The summed E-state index contributed by atoms with van der Waals surface area (Å²) in [4.78, 5) is 8.18. The Morgan fingerprint density at radius 2 is 2.03 bits per heavy atom. The lowest BCUT2D eigenvalue weighted by Crippen LogP contribution is -2.34. The first kappa shape index (κ1) is 20.3. The van der Waals surface area contributed by atoms with Crippen LogP contribution in [0.3, 0.4) is 0 Å². The first-order valence-corrected chi connectivity index (χ1v) is 10.3. The lowest BCUT2D eigenvalue weighted by Gasteiger charge is -2.24. The van der Waals surface area contributed by atoms with Gasteiger partial charge < -0.3 is 25.1 Å². The van der Waals surface area contributed by atoms with E-state index in [2.05, 4.69) is 15.1 Å². The van der Waals surface area contributed by atoms with Crippen LogP contribution in [-0.4, -0.2) is 64.0 Å². The van der Waals surface area contributed by atoms with Crippen LogP contribution >= 0.6 is 0 Å². The number of hydrogen-bond acceptors (Lipinski definition) is 11. The quantitative estimate of drug-likeness (QED) is 0.533. The third kappa shape index (κ3) is 3.68. The van der Waals surface area contributed by atoms with E-state index in [0.717, 1.165) is 0 Å². The first-order valence-electron chi connectivity index (χ1n) is 8.82. The number of fused-ring (bicyclic) bond motifs is 2. The van der Waals surface area contributed by atoms with Crippen LogP contribution in [0, 0.1) is 0 Å². The maximum atomic E-state index is 11.2. The van der Waals surface area contributed by atoms with Crippen molar-refractivity contribution in [3.63, 3.8) is 0 Å². The van der Waals surface area contributed by atoms with Crippen molar-refractivity contribution in [1.82, 2.24) is 19.7 Å². The summed E-state index contributed by atoms with van der Waals surface area (Å²) in [5, 5.41) is 19.9. The van der Waals surface area contributed by atoms with Crippen molar-refractivity contribution in [2.75, 3.05) is 12.3 Å². The van der Waals surface area contributed by atoms with Crippen molar-refractivity contribution in [3.8, 4) is 0 Å². The molecule has 29 heavy (non-hydrogen) atoms. The molecule has 160 valence electrons. The van der Waals surface area contributed by atoms with Crippen molar-refractivity contribution in [1.29, 1.82) is 0 Å². The molecule has 2 aromatic rings. The molecule has 0 aliphatic carbocycles. The van der Waals surface area contributed by atoms with Gasteiger partial charge in [0.2, 0.25) is 0 Å². The van der Waals surface area contributed by atoms with Gasteiger partial charge in [-0.25, -0.2) is 19.8 Å². The minimum atomic E-state index is -4.17. The molecule has 2 aliphatic heterocycles. The molecule has 13 nitrogen and oxygen atoms in total. The van der Waals surface area contributed by atoms with Gasteiger partial charge in [-0.15, -0.1) is 0 Å². The molecule has 5 N–H and O–H groups in total. The van der Waals surface area contributed by atoms with Gasteiger partial charge in [0, 0.05) is 0 Å². The number of nitrogens with two attached hydrogens (primary N) is 2. The zero-order valence-electron chi connectivity index (χ0n) is 15.9. The Morgan fingerprint density at radius 3 is 2.69 bits per heavy atom. The molecule has 2 aliphatic rings. The van der Waals surface area contributed by atoms with Crippen LogP contribution < -0.4 is 10.9 Å². The van der Waals surface area contributed by atoms with Gasteiger partial charge in [-0.3, -0.25) is 4.18 Å². The van der Waals surface area contributed by atoms with Gasteiger partial charge in [-0.05, 0) is 20.8 Å². The third-order valence-electron chi connectivity index (χ3n) is 4.70. The number of aliphatic hydroxyl groups is 1. The highest BCUT2D eigenvalue weighted by Gasteiger charge is 2.57. The number of rotatable bonds is 5. The summed E-state index contributed by atoms with van der Waals surface area (Å²) in [6.45, 7) is 4.62. The van der Waals surface area contributed by atoms with Crippen molar-refractivity contribution in [3.05, 3.63) is 12.0 Å². The fraction of sp³-hybridized carbons (Fsp3) is 0.667. The number of nitrogen functional groups attached to an aromatic ring is 1. The number of nitrogens with zero attached hydrogens (tertiary/aromatic N) is 4. The van der Waals surface area contributed by atoms with E-state index in [1.165, 1.54) is 17.9 Å². The topological polar surface area (TPSA) is 187 Å². The predicted octanol–water partition coefficient (Wildman–Crippen LogP) is -0.901. The standard InChI is InChI=1S/C15H22N6O7S/c1-6(22)9-8-12(16)18-5-19-13(8)21(20-9)14-11-10(27-15(2,3)28-11)7(26-14)4-25-29(17,23)24/h5-7,10-11,14,22H,4H2,1-3H3,(H2,16,18,19)(H2,17,23,24)/t6-,7+,10+,11+,14+/m0/s1. The predicted molar refractivity (Wildman–Crippen MR) is 97.2 cm³/mol. The van der Waals surface area contributed by atoms with Gasteiger partial charge in [-0.1, -0.05) is 0 Å². The first-order chi connectivity index (χ1) is 13.5. The largest absolute Gasteiger partial charge is 0.387 e. The normalized spacial score (nSPS) is 30.0. The van der Waals surface area contributed by atoms with Gasteiger partial charge >= 0.3 is 10.3 Å². The second kappa shape index (κ2) is 6.80. The molecule has 0 saturated carbocycles. The molecule has 0 unspecified atom stereocenters. The molecular weight excluding hydrogens is 408 g/mol. The van der Waals surface area contributed by atoms with E-state index < -0.39 is 46.7 Å². The van der Waals surface area contributed by atoms with Crippen LogP contribution in [0.5, 0.6) is 0 Å². The number of anilines is 1. The maximum Gasteiger partial charge on any atom is 0.333 e. The summed E-state index contributed by atoms with van der Waals surface area (Å²) in [7, 11) is -4.17. The number of ether oxygens (including phenoxy) is 3. The maximum absolute atomic E-state index is 11.2. The average Bonchev–Trinajstić information content (AvgIpc) is 3.22. The van der Waals surface area contributed by atoms with Crippen molar-refractivity contribution in [2.45, 2.75) is 57.2 Å². The summed E-state index contributed by atoms with van der Waals surface area (Å²) < 4.78 is 46.3. The fourth-order valence-corrected chi connectivity index (χ4v) is 3.97. The lowest BCUT2D eigenvalue weighted by atomic mass is 10.1. The SMILES string of the molecule is C[C@H](O)c1nn([C@@H]2O[C@H](COS(N)(=O)=O)[C@H]3OC(C)(C)O[C@H]32)c2ncnc(N)c12. The Hall–Kier alpha value is -1.94. The van der Waals surface area contributed by atoms with Crippen LogP contribution in [0.1, 0.15) is 38.8 Å².